The Morgan fingerprint density at radius 2 is 1.85 bits per heavy atom. The number of nitrogens with zero attached hydrogens (tertiary/aromatic N) is 4. The normalized spacial score (nSPS) is 17.0. The van der Waals surface area contributed by atoms with Gasteiger partial charge in [0.1, 0.15) is 18.4 Å². The fourth-order valence-corrected chi connectivity index (χ4v) is 3.87. The number of amides is 2. The summed E-state index contributed by atoms with van der Waals surface area (Å²) in [5.41, 5.74) is 1.67. The number of hydrogen-bond donors (Lipinski definition) is 1. The zero-order valence-corrected chi connectivity index (χ0v) is 21.4. The summed E-state index contributed by atoms with van der Waals surface area (Å²) in [5.74, 6) is 0.628. The quantitative estimate of drug-likeness (QED) is 0.414. The largest absolute Gasteiger partial charge is 0.497 e. The van der Waals surface area contributed by atoms with E-state index in [1.54, 1.807) is 12.0 Å². The molecule has 0 spiro atoms. The van der Waals surface area contributed by atoms with Crippen molar-refractivity contribution < 1.29 is 19.2 Å². The summed E-state index contributed by atoms with van der Waals surface area (Å²) in [5, 5.41) is 7.27. The summed E-state index contributed by atoms with van der Waals surface area (Å²) < 4.78 is 5.17. The Kier molecular flexibility index (Phi) is 11.8. The number of carbonyl (C=O) groups is 2. The first-order valence-corrected chi connectivity index (χ1v) is 12.1. The first-order valence-electron chi connectivity index (χ1n) is 12.1. The molecule has 0 aromatic heterocycles. The molecule has 1 aromatic rings. The third-order valence-corrected chi connectivity index (χ3v) is 5.98. The number of oxime groups is 1. The number of likely N-dealkylation sites (tertiary alicyclic amines) is 1. The molecule has 0 unspecified atom stereocenters. The van der Waals surface area contributed by atoms with Crippen molar-refractivity contribution in [2.24, 2.45) is 5.16 Å². The molecule has 0 saturated carbocycles. The minimum absolute atomic E-state index is 0.0221. The van der Waals surface area contributed by atoms with Crippen LogP contribution in [-0.2, 0) is 21.0 Å². The summed E-state index contributed by atoms with van der Waals surface area (Å²) in [6.45, 7) is 8.88. The number of carbonyl (C=O) groups excluding carboxylic acids is 2. The van der Waals surface area contributed by atoms with E-state index in [1.807, 2.05) is 38.4 Å². The maximum Gasteiger partial charge on any atom is 0.243 e. The minimum atomic E-state index is -0.549. The van der Waals surface area contributed by atoms with Crippen molar-refractivity contribution in [2.45, 2.75) is 45.8 Å². The molecule has 1 atom stereocenters. The Morgan fingerprint density at radius 1 is 1.15 bits per heavy atom. The van der Waals surface area contributed by atoms with Gasteiger partial charge in [0.05, 0.1) is 19.4 Å². The Morgan fingerprint density at radius 3 is 2.47 bits per heavy atom. The maximum absolute atomic E-state index is 13.0. The summed E-state index contributed by atoms with van der Waals surface area (Å²) in [6, 6.07) is 7.02. The Balaban J connectivity index is 1.98. The van der Waals surface area contributed by atoms with Gasteiger partial charge in [-0.05, 0) is 57.8 Å². The summed E-state index contributed by atoms with van der Waals surface area (Å²) in [7, 11) is 5.59. The van der Waals surface area contributed by atoms with Crippen molar-refractivity contribution in [1.29, 1.82) is 0 Å². The van der Waals surface area contributed by atoms with Crippen molar-refractivity contribution in [3.63, 3.8) is 0 Å². The fraction of sp³-hybridized carbons (Fsp3) is 0.640. The molecule has 9 nitrogen and oxygen atoms in total. The summed E-state index contributed by atoms with van der Waals surface area (Å²) >= 11 is 0. The predicted octanol–water partition coefficient (Wildman–Crippen LogP) is 1.97. The van der Waals surface area contributed by atoms with Crippen molar-refractivity contribution in [2.75, 3.05) is 60.5 Å². The molecule has 1 saturated heterocycles. The summed E-state index contributed by atoms with van der Waals surface area (Å²) in [4.78, 5) is 37.4. The first kappa shape index (κ1) is 27.6. The van der Waals surface area contributed by atoms with Gasteiger partial charge in [-0.3, -0.25) is 9.59 Å². The highest BCUT2D eigenvalue weighted by molar-refractivity contribution is 6.00. The lowest BCUT2D eigenvalue weighted by molar-refractivity contribution is -0.138. The third kappa shape index (κ3) is 8.95. The average Bonchev–Trinajstić information content (AvgIpc) is 3.26. The average molecular weight is 476 g/mol. The van der Waals surface area contributed by atoms with Gasteiger partial charge < -0.3 is 29.6 Å². The van der Waals surface area contributed by atoms with Gasteiger partial charge >= 0.3 is 0 Å². The van der Waals surface area contributed by atoms with Crippen LogP contribution in [-0.4, -0.2) is 98.7 Å². The van der Waals surface area contributed by atoms with E-state index in [4.69, 9.17) is 9.57 Å². The Bertz CT molecular complexity index is 793. The van der Waals surface area contributed by atoms with E-state index in [-0.39, 0.29) is 11.8 Å². The van der Waals surface area contributed by atoms with Crippen LogP contribution < -0.4 is 10.1 Å². The number of hydrogen-bond acceptors (Lipinski definition) is 7. The molecule has 0 bridgehead atoms. The highest BCUT2D eigenvalue weighted by Gasteiger charge is 2.37. The van der Waals surface area contributed by atoms with Crippen molar-refractivity contribution in [1.82, 2.24) is 20.0 Å². The van der Waals surface area contributed by atoms with Gasteiger partial charge in [0.15, 0.2) is 0 Å². The van der Waals surface area contributed by atoms with E-state index in [2.05, 4.69) is 34.1 Å². The van der Waals surface area contributed by atoms with Crippen LogP contribution in [0.1, 0.15) is 38.7 Å². The molecule has 0 radical (unpaired) electrons. The molecule has 34 heavy (non-hydrogen) atoms. The van der Waals surface area contributed by atoms with E-state index in [0.717, 1.165) is 43.9 Å². The van der Waals surface area contributed by atoms with E-state index in [0.29, 0.717) is 38.2 Å². The molecule has 1 aromatic carbocycles. The van der Waals surface area contributed by atoms with Crippen LogP contribution >= 0.6 is 0 Å². The molecular weight excluding hydrogens is 434 g/mol. The first-order chi connectivity index (χ1) is 16.4. The van der Waals surface area contributed by atoms with Crippen molar-refractivity contribution in [3.8, 4) is 5.75 Å². The standard InChI is InChI=1S/C25H41N5O4/c1-6-29(7-2)16-14-26-25(32)23-17-21(18-30(23)24(31)9-8-15-28(3)4)27-34-19-20-10-12-22(33-5)13-11-20/h10-13,23H,6-9,14-19H2,1-5H3,(H,26,32)/b27-21-/t23-/m0/s1. The van der Waals surface area contributed by atoms with Gasteiger partial charge in [-0.1, -0.05) is 31.1 Å². The number of benzene rings is 1. The number of rotatable bonds is 14. The second-order valence-corrected chi connectivity index (χ2v) is 8.75. The zero-order valence-electron chi connectivity index (χ0n) is 21.4. The van der Waals surface area contributed by atoms with Gasteiger partial charge in [-0.15, -0.1) is 0 Å². The van der Waals surface area contributed by atoms with E-state index < -0.39 is 6.04 Å². The molecular formula is C25H41N5O4. The number of methoxy groups -OCH3 is 1. The molecule has 0 aliphatic carbocycles. The van der Waals surface area contributed by atoms with E-state index >= 15 is 0 Å². The van der Waals surface area contributed by atoms with Crippen LogP contribution in [0.4, 0.5) is 0 Å². The zero-order chi connectivity index (χ0) is 24.9. The molecule has 1 fully saturated rings. The molecule has 2 amide bonds. The fourth-order valence-electron chi connectivity index (χ4n) is 3.87. The van der Waals surface area contributed by atoms with E-state index in [9.17, 15) is 9.59 Å². The molecule has 1 aliphatic heterocycles. The van der Waals surface area contributed by atoms with Crippen LogP contribution in [0.5, 0.6) is 5.75 Å². The monoisotopic (exact) mass is 475 g/mol. The van der Waals surface area contributed by atoms with Gasteiger partial charge in [-0.2, -0.15) is 0 Å². The van der Waals surface area contributed by atoms with Crippen molar-refractivity contribution in [3.05, 3.63) is 29.8 Å². The topological polar surface area (TPSA) is 86.7 Å². The van der Waals surface area contributed by atoms with E-state index in [1.165, 1.54) is 0 Å². The smallest absolute Gasteiger partial charge is 0.243 e. The lowest BCUT2D eigenvalue weighted by atomic mass is 10.1. The van der Waals surface area contributed by atoms with Gasteiger partial charge in [0.2, 0.25) is 11.8 Å². The minimum Gasteiger partial charge on any atom is -0.497 e. The van der Waals surface area contributed by atoms with Crippen LogP contribution in [0, 0.1) is 0 Å². The number of nitrogens with one attached hydrogen (secondary N) is 1. The van der Waals surface area contributed by atoms with Crippen LogP contribution in [0.2, 0.25) is 0 Å². The third-order valence-electron chi connectivity index (χ3n) is 5.98. The Hall–Kier alpha value is -2.65. The molecule has 9 heteroatoms. The molecule has 2 rings (SSSR count). The lowest BCUT2D eigenvalue weighted by Crippen LogP contribution is -2.47. The predicted molar refractivity (Wildman–Crippen MR) is 134 cm³/mol. The van der Waals surface area contributed by atoms with Crippen molar-refractivity contribution >= 4 is 17.5 Å². The molecule has 1 aliphatic rings. The molecule has 1 N–H and O–H groups in total. The van der Waals surface area contributed by atoms with Gasteiger partial charge in [0.25, 0.3) is 0 Å². The Labute approximate surface area is 204 Å². The molecule has 190 valence electrons. The lowest BCUT2D eigenvalue weighted by Gasteiger charge is -2.24. The van der Waals surface area contributed by atoms with Gasteiger partial charge in [0, 0.05) is 25.9 Å². The summed E-state index contributed by atoms with van der Waals surface area (Å²) in [6.07, 6.45) is 1.54. The second-order valence-electron chi connectivity index (χ2n) is 8.75. The van der Waals surface area contributed by atoms with Crippen LogP contribution in [0.15, 0.2) is 29.4 Å². The maximum atomic E-state index is 13.0. The second kappa shape index (κ2) is 14.6. The SMILES string of the molecule is CCN(CC)CCNC(=O)[C@@H]1C/C(=N/OCc2ccc(OC)cc2)CN1C(=O)CCCN(C)C. The number of likely N-dealkylation sites (N-methyl/N-ethyl adjacent to an activating group) is 1. The van der Waals surface area contributed by atoms with Gasteiger partial charge in [-0.25, -0.2) is 0 Å². The number of ether oxygens (including phenoxy) is 1. The molecule has 1 heterocycles. The highest BCUT2D eigenvalue weighted by atomic mass is 16.6. The van der Waals surface area contributed by atoms with Crippen LogP contribution in [0.25, 0.3) is 0 Å². The highest BCUT2D eigenvalue weighted by Crippen LogP contribution is 2.19. The van der Waals surface area contributed by atoms with Crippen LogP contribution in [0.3, 0.4) is 0 Å².